The van der Waals surface area contributed by atoms with Crippen molar-refractivity contribution in [2.24, 2.45) is 17.8 Å². The first kappa shape index (κ1) is 21.1. The zero-order valence-corrected chi connectivity index (χ0v) is 16.8. The van der Waals surface area contributed by atoms with Crippen molar-refractivity contribution in [3.63, 3.8) is 0 Å². The van der Waals surface area contributed by atoms with E-state index in [1.54, 1.807) is 7.11 Å². The van der Waals surface area contributed by atoms with Crippen LogP contribution in [0.15, 0.2) is 18.2 Å². The quantitative estimate of drug-likeness (QED) is 0.623. The van der Waals surface area contributed by atoms with Gasteiger partial charge in [-0.2, -0.15) is 0 Å². The second-order valence-corrected chi connectivity index (χ2v) is 7.65. The maximum atomic E-state index is 12.0. The standard InChI is InChI=1S/C21H32N2O4/c1-14(2)8-10-27-18-6-5-16(12-19(18)26-4)13-23-20(24)7-9-22-21(25)17-11-15(17)3/h5-6,12,14-15,17H,7-11,13H2,1-4H3,(H,22,25)(H,23,24)/t15-,17+/m1/s1. The number of methoxy groups -OCH3 is 1. The minimum absolute atomic E-state index is 0.0630. The Labute approximate surface area is 162 Å². The Bertz CT molecular complexity index is 645. The van der Waals surface area contributed by atoms with Crippen LogP contribution < -0.4 is 20.1 Å². The summed E-state index contributed by atoms with van der Waals surface area (Å²) in [5.74, 6) is 2.56. The molecular formula is C21H32N2O4. The van der Waals surface area contributed by atoms with Crippen molar-refractivity contribution in [2.45, 2.75) is 46.6 Å². The van der Waals surface area contributed by atoms with Gasteiger partial charge in [0.25, 0.3) is 0 Å². The van der Waals surface area contributed by atoms with Gasteiger partial charge < -0.3 is 20.1 Å². The molecule has 1 aliphatic rings. The summed E-state index contributed by atoms with van der Waals surface area (Å²) in [4.78, 5) is 23.7. The van der Waals surface area contributed by atoms with E-state index in [9.17, 15) is 9.59 Å². The van der Waals surface area contributed by atoms with Crippen molar-refractivity contribution in [2.75, 3.05) is 20.3 Å². The van der Waals surface area contributed by atoms with Crippen molar-refractivity contribution in [3.05, 3.63) is 23.8 Å². The van der Waals surface area contributed by atoms with Crippen LogP contribution in [0, 0.1) is 17.8 Å². The number of benzene rings is 1. The molecule has 0 radical (unpaired) electrons. The van der Waals surface area contributed by atoms with Crippen LogP contribution in [0.1, 0.15) is 45.6 Å². The van der Waals surface area contributed by atoms with Gasteiger partial charge in [-0.15, -0.1) is 0 Å². The lowest BCUT2D eigenvalue weighted by molar-refractivity contribution is -0.123. The Kier molecular flexibility index (Phi) is 7.95. The van der Waals surface area contributed by atoms with Crippen LogP contribution in [-0.2, 0) is 16.1 Å². The molecule has 150 valence electrons. The molecule has 1 aromatic carbocycles. The van der Waals surface area contributed by atoms with E-state index in [1.807, 2.05) is 18.2 Å². The van der Waals surface area contributed by atoms with Gasteiger partial charge in [-0.05, 0) is 42.4 Å². The molecule has 2 rings (SSSR count). The molecule has 0 bridgehead atoms. The summed E-state index contributed by atoms with van der Waals surface area (Å²) in [5, 5.41) is 5.69. The molecule has 27 heavy (non-hydrogen) atoms. The highest BCUT2D eigenvalue weighted by molar-refractivity contribution is 5.82. The lowest BCUT2D eigenvalue weighted by Crippen LogP contribution is -2.31. The molecule has 0 saturated heterocycles. The molecule has 1 aromatic rings. The van der Waals surface area contributed by atoms with Gasteiger partial charge in [0.2, 0.25) is 11.8 Å². The molecular weight excluding hydrogens is 344 g/mol. The van der Waals surface area contributed by atoms with Crippen LogP contribution in [0.4, 0.5) is 0 Å². The maximum Gasteiger partial charge on any atom is 0.223 e. The van der Waals surface area contributed by atoms with Crippen molar-refractivity contribution in [1.82, 2.24) is 10.6 Å². The van der Waals surface area contributed by atoms with Crippen molar-refractivity contribution in [3.8, 4) is 11.5 Å². The van der Waals surface area contributed by atoms with E-state index in [1.165, 1.54) is 0 Å². The smallest absolute Gasteiger partial charge is 0.223 e. The van der Waals surface area contributed by atoms with Crippen LogP contribution in [0.3, 0.4) is 0 Å². The largest absolute Gasteiger partial charge is 0.493 e. The summed E-state index contributed by atoms with van der Waals surface area (Å²) < 4.78 is 11.2. The minimum Gasteiger partial charge on any atom is -0.493 e. The summed E-state index contributed by atoms with van der Waals surface area (Å²) in [6, 6.07) is 5.67. The monoisotopic (exact) mass is 376 g/mol. The van der Waals surface area contributed by atoms with E-state index in [2.05, 4.69) is 31.4 Å². The number of carbonyl (C=O) groups is 2. The lowest BCUT2D eigenvalue weighted by Gasteiger charge is -2.13. The fourth-order valence-corrected chi connectivity index (χ4v) is 2.75. The van der Waals surface area contributed by atoms with Crippen LogP contribution in [-0.4, -0.2) is 32.1 Å². The molecule has 0 heterocycles. The van der Waals surface area contributed by atoms with Crippen LogP contribution in [0.2, 0.25) is 0 Å². The third-order valence-electron chi connectivity index (χ3n) is 4.77. The second-order valence-electron chi connectivity index (χ2n) is 7.65. The zero-order valence-electron chi connectivity index (χ0n) is 16.8. The van der Waals surface area contributed by atoms with Gasteiger partial charge >= 0.3 is 0 Å². The maximum absolute atomic E-state index is 12.0. The molecule has 2 amide bonds. The summed E-state index contributed by atoms with van der Waals surface area (Å²) >= 11 is 0. The molecule has 1 fully saturated rings. The van der Waals surface area contributed by atoms with E-state index in [0.717, 1.165) is 18.4 Å². The molecule has 0 aliphatic heterocycles. The van der Waals surface area contributed by atoms with Gasteiger partial charge in [-0.3, -0.25) is 9.59 Å². The molecule has 0 spiro atoms. The highest BCUT2D eigenvalue weighted by Gasteiger charge is 2.38. The van der Waals surface area contributed by atoms with Gasteiger partial charge in [-0.25, -0.2) is 0 Å². The van der Waals surface area contributed by atoms with Gasteiger partial charge in [-0.1, -0.05) is 26.8 Å². The third kappa shape index (κ3) is 7.12. The highest BCUT2D eigenvalue weighted by atomic mass is 16.5. The number of hydrogen-bond donors (Lipinski definition) is 2. The van der Waals surface area contributed by atoms with Gasteiger partial charge in [0.15, 0.2) is 11.5 Å². The fraction of sp³-hybridized carbons (Fsp3) is 0.619. The Balaban J connectivity index is 1.72. The summed E-state index contributed by atoms with van der Waals surface area (Å²) in [5.41, 5.74) is 0.937. The van der Waals surface area contributed by atoms with Crippen LogP contribution in [0.5, 0.6) is 11.5 Å². The molecule has 0 aromatic heterocycles. The van der Waals surface area contributed by atoms with Crippen molar-refractivity contribution < 1.29 is 19.1 Å². The normalized spacial score (nSPS) is 18.1. The van der Waals surface area contributed by atoms with Crippen molar-refractivity contribution in [1.29, 1.82) is 0 Å². The fourth-order valence-electron chi connectivity index (χ4n) is 2.75. The van der Waals surface area contributed by atoms with E-state index >= 15 is 0 Å². The molecule has 6 nitrogen and oxygen atoms in total. The number of rotatable bonds is 11. The summed E-state index contributed by atoms with van der Waals surface area (Å²) in [6.45, 7) is 7.81. The van der Waals surface area contributed by atoms with Crippen LogP contribution in [0.25, 0.3) is 0 Å². The zero-order chi connectivity index (χ0) is 19.8. The molecule has 1 aliphatic carbocycles. The number of carbonyl (C=O) groups excluding carboxylic acids is 2. The molecule has 1 saturated carbocycles. The Morgan fingerprint density at radius 2 is 1.96 bits per heavy atom. The van der Waals surface area contributed by atoms with E-state index < -0.39 is 0 Å². The number of ether oxygens (including phenoxy) is 2. The third-order valence-corrected chi connectivity index (χ3v) is 4.77. The van der Waals surface area contributed by atoms with Gasteiger partial charge in [0.05, 0.1) is 13.7 Å². The lowest BCUT2D eigenvalue weighted by atomic mass is 10.1. The predicted octanol–water partition coefficient (Wildman–Crippen LogP) is 2.90. The Morgan fingerprint density at radius 3 is 2.59 bits per heavy atom. The topological polar surface area (TPSA) is 76.7 Å². The van der Waals surface area contributed by atoms with Crippen LogP contribution >= 0.6 is 0 Å². The average Bonchev–Trinajstić information content (AvgIpc) is 3.37. The number of nitrogens with one attached hydrogen (secondary N) is 2. The molecule has 2 atom stereocenters. The Hall–Kier alpha value is -2.24. The van der Waals surface area contributed by atoms with Crippen molar-refractivity contribution >= 4 is 11.8 Å². The Morgan fingerprint density at radius 1 is 1.22 bits per heavy atom. The highest BCUT2D eigenvalue weighted by Crippen LogP contribution is 2.37. The first-order valence-electron chi connectivity index (χ1n) is 9.74. The van der Waals surface area contributed by atoms with Gasteiger partial charge in [0, 0.05) is 25.4 Å². The number of hydrogen-bond acceptors (Lipinski definition) is 4. The summed E-state index contributed by atoms with van der Waals surface area (Å²) in [7, 11) is 1.61. The SMILES string of the molecule is COc1cc(CNC(=O)CCNC(=O)[C@H]2C[C@H]2C)ccc1OCCC(C)C. The van der Waals surface area contributed by atoms with E-state index in [-0.39, 0.29) is 24.2 Å². The first-order valence-corrected chi connectivity index (χ1v) is 9.74. The second kappa shape index (κ2) is 10.2. The minimum atomic E-state index is -0.0876. The summed E-state index contributed by atoms with van der Waals surface area (Å²) in [6.07, 6.45) is 2.22. The van der Waals surface area contributed by atoms with Gasteiger partial charge in [0.1, 0.15) is 0 Å². The molecule has 0 unspecified atom stereocenters. The first-order chi connectivity index (χ1) is 12.9. The average molecular weight is 376 g/mol. The molecule has 2 N–H and O–H groups in total. The predicted molar refractivity (Wildman–Crippen MR) is 105 cm³/mol. The van der Waals surface area contributed by atoms with E-state index in [4.69, 9.17) is 9.47 Å². The number of amides is 2. The van der Waals surface area contributed by atoms with E-state index in [0.29, 0.717) is 43.0 Å². The molecule has 6 heteroatoms.